The predicted molar refractivity (Wildman–Crippen MR) is 152 cm³/mol. The van der Waals surface area contributed by atoms with E-state index in [1.165, 1.54) is 65.5 Å². The highest BCUT2D eigenvalue weighted by molar-refractivity contribution is 6.04. The molecule has 5 rings (SSSR count). The molecule has 1 saturated heterocycles. The Kier molecular flexibility index (Phi) is 8.06. The molecule has 41 heavy (non-hydrogen) atoms. The van der Waals surface area contributed by atoms with Crippen LogP contribution in [0.5, 0.6) is 11.5 Å². The van der Waals surface area contributed by atoms with Gasteiger partial charge in [0.05, 0.1) is 0 Å². The number of nitrogens with zero attached hydrogens (tertiary/aromatic N) is 3. The molecule has 0 aliphatic carbocycles. The monoisotopic (exact) mass is 559 g/mol. The number of nitrogens with two attached hydrogens (primary N) is 1. The molecule has 0 bridgehead atoms. The number of piperazine rings is 1. The van der Waals surface area contributed by atoms with Crippen LogP contribution in [0.25, 0.3) is 11.8 Å². The van der Waals surface area contributed by atoms with Gasteiger partial charge in [0.2, 0.25) is 11.4 Å². The molecule has 2 aromatic carbocycles. The van der Waals surface area contributed by atoms with Crippen molar-refractivity contribution in [3.8, 4) is 17.2 Å². The van der Waals surface area contributed by atoms with E-state index in [2.05, 4.69) is 27.1 Å². The second-order valence-electron chi connectivity index (χ2n) is 9.56. The van der Waals surface area contributed by atoms with Crippen LogP contribution < -0.4 is 31.2 Å². The van der Waals surface area contributed by atoms with Gasteiger partial charge in [-0.15, -0.1) is 0 Å². The predicted octanol–water partition coefficient (Wildman–Crippen LogP) is 3.66. The molecule has 3 heterocycles. The highest BCUT2D eigenvalue weighted by atomic mass is 19.1. The Morgan fingerprint density at radius 2 is 1.76 bits per heavy atom. The lowest BCUT2D eigenvalue weighted by atomic mass is 10.2. The summed E-state index contributed by atoms with van der Waals surface area (Å²) in [7, 11) is 2.08. The van der Waals surface area contributed by atoms with Gasteiger partial charge in [-0.3, -0.25) is 14.2 Å². The molecule has 2 aromatic heterocycles. The third kappa shape index (κ3) is 6.25. The number of pyridine rings is 2. The van der Waals surface area contributed by atoms with E-state index in [0.29, 0.717) is 17.1 Å². The van der Waals surface area contributed by atoms with Crippen LogP contribution in [0.4, 0.5) is 20.2 Å². The molecule has 0 radical (unpaired) electrons. The van der Waals surface area contributed by atoms with E-state index in [1.54, 1.807) is 6.08 Å². The number of anilines is 2. The van der Waals surface area contributed by atoms with Crippen LogP contribution in [-0.4, -0.2) is 48.6 Å². The molecule has 4 aromatic rings. The quantitative estimate of drug-likeness (QED) is 0.358. The van der Waals surface area contributed by atoms with Crippen LogP contribution in [0.2, 0.25) is 0 Å². The van der Waals surface area contributed by atoms with Gasteiger partial charge in [-0.2, -0.15) is 0 Å². The SMILES string of the molecule is CN1CCN(c2c[nH+]c(C=CN)c(Oc3ccc(NC(=O)c4cccn(-c5ccc(F)cc5)c4=O)cc3F)c2)CC1. The van der Waals surface area contributed by atoms with Crippen molar-refractivity contribution in [3.63, 3.8) is 0 Å². The first-order chi connectivity index (χ1) is 19.8. The Morgan fingerprint density at radius 3 is 2.46 bits per heavy atom. The van der Waals surface area contributed by atoms with Gasteiger partial charge in [-0.1, -0.05) is 0 Å². The van der Waals surface area contributed by atoms with Crippen LogP contribution in [0, 0.1) is 11.6 Å². The summed E-state index contributed by atoms with van der Waals surface area (Å²) in [6.07, 6.45) is 6.31. The molecule has 0 saturated carbocycles. The molecule has 1 aliphatic rings. The van der Waals surface area contributed by atoms with Crippen LogP contribution in [0.15, 0.2) is 84.1 Å². The van der Waals surface area contributed by atoms with Gasteiger partial charge in [-0.25, -0.2) is 13.8 Å². The minimum Gasteiger partial charge on any atom is -0.447 e. The summed E-state index contributed by atoms with van der Waals surface area (Å²) in [5, 5.41) is 2.55. The molecule has 9 nitrogen and oxygen atoms in total. The van der Waals surface area contributed by atoms with Crippen molar-refractivity contribution in [2.45, 2.75) is 0 Å². The zero-order chi connectivity index (χ0) is 28.9. The van der Waals surface area contributed by atoms with Gasteiger partial charge >= 0.3 is 0 Å². The number of amides is 1. The van der Waals surface area contributed by atoms with Gasteiger partial charge in [0, 0.05) is 68.2 Å². The largest absolute Gasteiger partial charge is 0.447 e. The summed E-state index contributed by atoms with van der Waals surface area (Å²) in [5.41, 5.74) is 6.83. The first kappa shape index (κ1) is 27.5. The van der Waals surface area contributed by atoms with E-state index in [9.17, 15) is 14.0 Å². The van der Waals surface area contributed by atoms with E-state index < -0.39 is 23.1 Å². The molecule has 0 atom stereocenters. The number of aromatic amines is 1. The maximum absolute atomic E-state index is 15.2. The van der Waals surface area contributed by atoms with Crippen molar-refractivity contribution in [1.82, 2.24) is 9.47 Å². The summed E-state index contributed by atoms with van der Waals surface area (Å²) in [6, 6.07) is 14.0. The van der Waals surface area contributed by atoms with Gasteiger partial charge in [0.15, 0.2) is 17.8 Å². The second-order valence-corrected chi connectivity index (χ2v) is 9.56. The van der Waals surface area contributed by atoms with Crippen LogP contribution in [0.1, 0.15) is 16.1 Å². The normalized spacial score (nSPS) is 13.9. The summed E-state index contributed by atoms with van der Waals surface area (Å²) in [6.45, 7) is 3.53. The number of carbonyl (C=O) groups is 1. The zero-order valence-electron chi connectivity index (χ0n) is 22.3. The molecule has 210 valence electrons. The number of aromatic nitrogens is 2. The van der Waals surface area contributed by atoms with Crippen molar-refractivity contribution >= 4 is 23.4 Å². The number of H-pyrrole nitrogens is 1. The molecular weight excluding hydrogens is 530 g/mol. The highest BCUT2D eigenvalue weighted by Crippen LogP contribution is 2.31. The molecule has 1 aliphatic heterocycles. The Balaban J connectivity index is 1.34. The van der Waals surface area contributed by atoms with E-state index >= 15 is 4.39 Å². The lowest BCUT2D eigenvalue weighted by Gasteiger charge is -2.33. The zero-order valence-corrected chi connectivity index (χ0v) is 22.3. The van der Waals surface area contributed by atoms with Gasteiger partial charge in [0.1, 0.15) is 17.1 Å². The minimum atomic E-state index is -0.718. The molecule has 0 spiro atoms. The average molecular weight is 560 g/mol. The summed E-state index contributed by atoms with van der Waals surface area (Å²) in [5.74, 6) is -1.56. The highest BCUT2D eigenvalue weighted by Gasteiger charge is 2.21. The van der Waals surface area contributed by atoms with Crippen LogP contribution in [0.3, 0.4) is 0 Å². The average Bonchev–Trinajstić information content (AvgIpc) is 2.96. The number of nitrogens with one attached hydrogen (secondary N) is 2. The Bertz CT molecular complexity index is 1650. The third-order valence-electron chi connectivity index (χ3n) is 6.76. The maximum atomic E-state index is 15.2. The van der Waals surface area contributed by atoms with E-state index in [4.69, 9.17) is 10.5 Å². The number of likely N-dealkylation sites (N-methyl/N-ethyl adjacent to an activating group) is 1. The number of rotatable bonds is 7. The Hall–Kier alpha value is -5.03. The lowest BCUT2D eigenvalue weighted by Crippen LogP contribution is -2.44. The number of ether oxygens (including phenoxy) is 1. The van der Waals surface area contributed by atoms with E-state index in [1.807, 2.05) is 12.3 Å². The number of hydrogen-bond acceptors (Lipinski definition) is 6. The Morgan fingerprint density at radius 1 is 1.00 bits per heavy atom. The molecule has 1 amide bonds. The second kappa shape index (κ2) is 12.0. The van der Waals surface area contributed by atoms with Crippen molar-refractivity contribution < 1.29 is 23.3 Å². The fourth-order valence-corrected chi connectivity index (χ4v) is 4.48. The number of halogens is 2. The molecule has 4 N–H and O–H groups in total. The number of hydrogen-bond donors (Lipinski definition) is 2. The molecule has 1 fully saturated rings. The van der Waals surface area contributed by atoms with Crippen LogP contribution in [-0.2, 0) is 0 Å². The van der Waals surface area contributed by atoms with Crippen molar-refractivity contribution in [2.75, 3.05) is 43.4 Å². The minimum absolute atomic E-state index is 0.0584. The van der Waals surface area contributed by atoms with E-state index in [0.717, 1.165) is 37.9 Å². The van der Waals surface area contributed by atoms with Crippen LogP contribution >= 0.6 is 0 Å². The summed E-state index contributed by atoms with van der Waals surface area (Å²) >= 11 is 0. The number of carbonyl (C=O) groups excluding carboxylic acids is 1. The Labute approximate surface area is 235 Å². The fraction of sp³-hybridized carbons (Fsp3) is 0.167. The third-order valence-corrected chi connectivity index (χ3v) is 6.76. The first-order valence-corrected chi connectivity index (χ1v) is 13.0. The van der Waals surface area contributed by atoms with Crippen molar-refractivity contribution in [1.29, 1.82) is 0 Å². The van der Waals surface area contributed by atoms with Gasteiger partial charge < -0.3 is 25.6 Å². The molecule has 11 heteroatoms. The van der Waals surface area contributed by atoms with Gasteiger partial charge in [-0.05, 0) is 55.6 Å². The first-order valence-electron chi connectivity index (χ1n) is 13.0. The van der Waals surface area contributed by atoms with Crippen molar-refractivity contribution in [2.24, 2.45) is 5.73 Å². The fourth-order valence-electron chi connectivity index (χ4n) is 4.48. The molecular formula is C30H29F2N6O3+. The van der Waals surface area contributed by atoms with Gasteiger partial charge in [0.25, 0.3) is 11.5 Å². The lowest BCUT2D eigenvalue weighted by molar-refractivity contribution is -0.380. The summed E-state index contributed by atoms with van der Waals surface area (Å²) < 4.78 is 35.6. The number of benzene rings is 2. The maximum Gasteiger partial charge on any atom is 0.267 e. The molecule has 0 unspecified atom stereocenters. The summed E-state index contributed by atoms with van der Waals surface area (Å²) in [4.78, 5) is 33.5. The van der Waals surface area contributed by atoms with Crippen molar-refractivity contribution in [3.05, 3.63) is 113 Å². The topological polar surface area (TPSA) is 107 Å². The standard InChI is InChI=1S/C30H28F2N6O3/c1-36-13-15-37(16-14-36)23-18-28(26(10-11-33)34-19-23)41-27-9-6-21(17-25(27)32)35-29(39)24-3-2-12-38(30(24)40)22-7-4-20(31)5-8-22/h2-12,17-19H,13-16,33H2,1H3,(H,35,39)/p+1. The smallest absolute Gasteiger partial charge is 0.267 e. The van der Waals surface area contributed by atoms with E-state index in [-0.39, 0.29) is 17.0 Å².